The molecule has 0 unspecified atom stereocenters. The van der Waals surface area contributed by atoms with Gasteiger partial charge >= 0.3 is 0 Å². The first-order valence-electron chi connectivity index (χ1n) is 6.26. The first kappa shape index (κ1) is 14.4. The van der Waals surface area contributed by atoms with Crippen molar-refractivity contribution in [2.75, 3.05) is 18.1 Å². The van der Waals surface area contributed by atoms with Gasteiger partial charge in [-0.25, -0.2) is 0 Å². The Bertz CT molecular complexity index is 298. The van der Waals surface area contributed by atoms with Crippen molar-refractivity contribution in [3.05, 3.63) is 29.8 Å². The number of hydrogen-bond donors (Lipinski definition) is 1. The third-order valence-corrected chi connectivity index (χ3v) is 3.54. The Balaban J connectivity index is 2.30. The van der Waals surface area contributed by atoms with Crippen molar-refractivity contribution < 1.29 is 9.84 Å². The van der Waals surface area contributed by atoms with Crippen molar-refractivity contribution in [2.24, 2.45) is 0 Å². The summed E-state index contributed by atoms with van der Waals surface area (Å²) in [6, 6.07) is 7.73. The minimum Gasteiger partial charge on any atom is -0.494 e. The third kappa shape index (κ3) is 5.46. The molecule has 1 rings (SSSR count). The van der Waals surface area contributed by atoms with Crippen molar-refractivity contribution >= 4 is 11.8 Å². The summed E-state index contributed by atoms with van der Waals surface area (Å²) in [6.45, 7) is 4.91. The summed E-state index contributed by atoms with van der Waals surface area (Å²) in [4.78, 5) is 0. The first-order chi connectivity index (χ1) is 8.27. The summed E-state index contributed by atoms with van der Waals surface area (Å²) in [5.74, 6) is 3.21. The standard InChI is InChI=1S/C14H22O2S/c1-3-14(15)12-6-8-13(9-7-12)16-10-5-11-17-4-2/h6-9,14-15H,3-5,10-11H2,1-2H3/t14-/m0/s1. The Morgan fingerprint density at radius 2 is 1.94 bits per heavy atom. The number of aliphatic hydroxyl groups is 1. The average molecular weight is 254 g/mol. The number of ether oxygens (including phenoxy) is 1. The van der Waals surface area contributed by atoms with E-state index >= 15 is 0 Å². The number of rotatable bonds is 8. The van der Waals surface area contributed by atoms with Crippen LogP contribution in [0.15, 0.2) is 24.3 Å². The smallest absolute Gasteiger partial charge is 0.119 e. The van der Waals surface area contributed by atoms with Crippen LogP contribution in [0.5, 0.6) is 5.75 Å². The van der Waals surface area contributed by atoms with Crippen LogP contribution >= 0.6 is 11.8 Å². The normalized spacial score (nSPS) is 12.4. The van der Waals surface area contributed by atoms with Crippen LogP contribution in [0.1, 0.15) is 38.4 Å². The molecule has 1 aromatic carbocycles. The Morgan fingerprint density at radius 3 is 2.53 bits per heavy atom. The Kier molecular flexibility index (Phi) is 7.13. The van der Waals surface area contributed by atoms with Crippen molar-refractivity contribution in [3.8, 4) is 5.75 Å². The highest BCUT2D eigenvalue weighted by Crippen LogP contribution is 2.19. The third-order valence-electron chi connectivity index (χ3n) is 2.56. The van der Waals surface area contributed by atoms with Gasteiger partial charge in [-0.05, 0) is 42.0 Å². The molecule has 0 aliphatic carbocycles. The SMILES string of the molecule is CCSCCCOc1ccc([C@@H](O)CC)cc1. The van der Waals surface area contributed by atoms with Gasteiger partial charge in [-0.1, -0.05) is 26.0 Å². The van der Waals surface area contributed by atoms with Crippen LogP contribution in [0.4, 0.5) is 0 Å². The summed E-state index contributed by atoms with van der Waals surface area (Å²) < 4.78 is 5.63. The quantitative estimate of drug-likeness (QED) is 0.718. The minimum atomic E-state index is -0.356. The highest BCUT2D eigenvalue weighted by atomic mass is 32.2. The number of hydrogen-bond acceptors (Lipinski definition) is 3. The molecule has 0 aliphatic heterocycles. The molecule has 2 nitrogen and oxygen atoms in total. The minimum absolute atomic E-state index is 0.356. The van der Waals surface area contributed by atoms with Crippen LogP contribution in [0, 0.1) is 0 Å². The maximum atomic E-state index is 9.65. The second-order valence-corrected chi connectivity index (χ2v) is 5.29. The van der Waals surface area contributed by atoms with Crippen molar-refractivity contribution in [3.63, 3.8) is 0 Å². The van der Waals surface area contributed by atoms with Gasteiger partial charge in [0.25, 0.3) is 0 Å². The fourth-order valence-corrected chi connectivity index (χ4v) is 2.13. The van der Waals surface area contributed by atoms with Gasteiger partial charge in [0, 0.05) is 0 Å². The first-order valence-corrected chi connectivity index (χ1v) is 7.42. The lowest BCUT2D eigenvalue weighted by molar-refractivity contribution is 0.173. The van der Waals surface area contributed by atoms with Crippen LogP contribution in [0.3, 0.4) is 0 Å². The zero-order valence-corrected chi connectivity index (χ0v) is 11.5. The predicted octanol–water partition coefficient (Wildman–Crippen LogP) is 3.65. The molecule has 0 spiro atoms. The molecule has 0 amide bonds. The topological polar surface area (TPSA) is 29.5 Å². The molecule has 0 bridgehead atoms. The Labute approximate surface area is 108 Å². The van der Waals surface area contributed by atoms with E-state index in [1.165, 1.54) is 5.75 Å². The molecule has 0 saturated carbocycles. The van der Waals surface area contributed by atoms with E-state index in [1.54, 1.807) is 0 Å². The highest BCUT2D eigenvalue weighted by Gasteiger charge is 2.04. The van der Waals surface area contributed by atoms with Crippen LogP contribution in [-0.4, -0.2) is 23.2 Å². The van der Waals surface area contributed by atoms with Gasteiger partial charge in [-0.3, -0.25) is 0 Å². The van der Waals surface area contributed by atoms with Crippen molar-refractivity contribution in [2.45, 2.75) is 32.8 Å². The summed E-state index contributed by atoms with van der Waals surface area (Å²) in [6.07, 6.45) is 1.47. The van der Waals surface area contributed by atoms with Gasteiger partial charge in [0.1, 0.15) is 5.75 Å². The summed E-state index contributed by atoms with van der Waals surface area (Å²) in [5, 5.41) is 9.65. The van der Waals surface area contributed by atoms with Gasteiger partial charge < -0.3 is 9.84 Å². The molecule has 1 atom stereocenters. The fourth-order valence-electron chi connectivity index (χ4n) is 1.52. The molecule has 1 aromatic rings. The summed E-state index contributed by atoms with van der Waals surface area (Å²) in [5.41, 5.74) is 0.960. The second-order valence-electron chi connectivity index (χ2n) is 3.89. The lowest BCUT2D eigenvalue weighted by Crippen LogP contribution is -2.00. The molecule has 0 fully saturated rings. The van der Waals surface area contributed by atoms with E-state index in [9.17, 15) is 5.11 Å². The van der Waals surface area contributed by atoms with Crippen LogP contribution in [0.25, 0.3) is 0 Å². The number of benzene rings is 1. The number of aliphatic hydroxyl groups excluding tert-OH is 1. The lowest BCUT2D eigenvalue weighted by atomic mass is 10.1. The molecule has 17 heavy (non-hydrogen) atoms. The van der Waals surface area contributed by atoms with Gasteiger partial charge in [-0.15, -0.1) is 0 Å². The monoisotopic (exact) mass is 254 g/mol. The van der Waals surface area contributed by atoms with Crippen molar-refractivity contribution in [1.29, 1.82) is 0 Å². The average Bonchev–Trinajstić information content (AvgIpc) is 2.38. The molecule has 0 aliphatic rings. The maximum absolute atomic E-state index is 9.65. The van der Waals surface area contributed by atoms with Crippen LogP contribution in [0.2, 0.25) is 0 Å². The van der Waals surface area contributed by atoms with E-state index in [2.05, 4.69) is 6.92 Å². The predicted molar refractivity (Wildman–Crippen MR) is 74.8 cm³/mol. The lowest BCUT2D eigenvalue weighted by Gasteiger charge is -2.10. The van der Waals surface area contributed by atoms with Crippen molar-refractivity contribution in [1.82, 2.24) is 0 Å². The fraction of sp³-hybridized carbons (Fsp3) is 0.571. The molecule has 0 saturated heterocycles. The molecule has 0 aromatic heterocycles. The summed E-state index contributed by atoms with van der Waals surface area (Å²) in [7, 11) is 0. The van der Waals surface area contributed by atoms with E-state index in [-0.39, 0.29) is 6.10 Å². The Hall–Kier alpha value is -0.670. The van der Waals surface area contributed by atoms with Gasteiger partial charge in [0.2, 0.25) is 0 Å². The largest absolute Gasteiger partial charge is 0.494 e. The van der Waals surface area contributed by atoms with Gasteiger partial charge in [-0.2, -0.15) is 11.8 Å². The van der Waals surface area contributed by atoms with E-state index in [0.29, 0.717) is 0 Å². The van der Waals surface area contributed by atoms with E-state index < -0.39 is 0 Å². The highest BCUT2D eigenvalue weighted by molar-refractivity contribution is 7.99. The Morgan fingerprint density at radius 1 is 1.24 bits per heavy atom. The van der Waals surface area contributed by atoms with E-state index in [4.69, 9.17) is 4.74 Å². The molecular weight excluding hydrogens is 232 g/mol. The van der Waals surface area contributed by atoms with Crippen LogP contribution < -0.4 is 4.74 Å². The van der Waals surface area contributed by atoms with Crippen LogP contribution in [-0.2, 0) is 0 Å². The molecule has 96 valence electrons. The maximum Gasteiger partial charge on any atom is 0.119 e. The summed E-state index contributed by atoms with van der Waals surface area (Å²) >= 11 is 1.94. The molecule has 1 N–H and O–H groups in total. The molecule has 0 heterocycles. The zero-order valence-electron chi connectivity index (χ0n) is 10.7. The molecule has 0 radical (unpaired) electrons. The van der Waals surface area contributed by atoms with Gasteiger partial charge in [0.15, 0.2) is 0 Å². The second kappa shape index (κ2) is 8.43. The van der Waals surface area contributed by atoms with E-state index in [0.717, 1.165) is 36.5 Å². The van der Waals surface area contributed by atoms with E-state index in [1.807, 2.05) is 43.0 Å². The van der Waals surface area contributed by atoms with Gasteiger partial charge in [0.05, 0.1) is 12.7 Å². The molecule has 3 heteroatoms. The number of thioether (sulfide) groups is 1. The molecular formula is C14H22O2S. The zero-order chi connectivity index (χ0) is 12.5.